The second-order valence-corrected chi connectivity index (χ2v) is 13.6. The summed E-state index contributed by atoms with van der Waals surface area (Å²) in [5, 5.41) is 4.10. The number of esters is 1. The molecule has 2 bridgehead atoms. The Morgan fingerprint density at radius 2 is 1.27 bits per heavy atom. The highest BCUT2D eigenvalue weighted by Gasteiger charge is 2.61. The van der Waals surface area contributed by atoms with E-state index in [0.29, 0.717) is 12.3 Å². The fraction of sp³-hybridized carbons (Fsp3) is 0.276. The van der Waals surface area contributed by atoms with Gasteiger partial charge >= 0.3 is 5.97 Å². The van der Waals surface area contributed by atoms with E-state index in [-0.39, 0.29) is 23.2 Å². The van der Waals surface area contributed by atoms with E-state index in [0.717, 1.165) is 0 Å². The van der Waals surface area contributed by atoms with Crippen LogP contribution in [0.2, 0.25) is 0 Å². The van der Waals surface area contributed by atoms with E-state index < -0.39 is 15.8 Å². The Bertz CT molecular complexity index is 1100. The van der Waals surface area contributed by atoms with Crippen molar-refractivity contribution in [3.05, 3.63) is 102 Å². The number of rotatable bonds is 6. The SMILES string of the molecule is CCOC(=O)[C@@H]1[C@@H](P(c2ccccc2)c2ccccc2)[C@@H]2C(C)=C(C)[C@H]1[P@]2c1ccccc1. The second kappa shape index (κ2) is 9.54. The van der Waals surface area contributed by atoms with E-state index in [1.54, 1.807) is 0 Å². The molecule has 2 nitrogen and oxygen atoms in total. The lowest BCUT2D eigenvalue weighted by Gasteiger charge is -2.37. The number of allylic oxidation sites excluding steroid dienone is 2. The van der Waals surface area contributed by atoms with Crippen LogP contribution in [0.3, 0.4) is 0 Å². The zero-order valence-corrected chi connectivity index (χ0v) is 21.2. The van der Waals surface area contributed by atoms with Crippen molar-refractivity contribution in [1.82, 2.24) is 0 Å². The van der Waals surface area contributed by atoms with Crippen molar-refractivity contribution < 1.29 is 9.53 Å². The van der Waals surface area contributed by atoms with Crippen molar-refractivity contribution in [1.29, 1.82) is 0 Å². The van der Waals surface area contributed by atoms with Gasteiger partial charge in [-0.1, -0.05) is 110 Å². The summed E-state index contributed by atoms with van der Waals surface area (Å²) in [4.78, 5) is 13.6. The molecule has 33 heavy (non-hydrogen) atoms. The molecule has 0 radical (unpaired) electrons. The zero-order valence-electron chi connectivity index (χ0n) is 19.4. The van der Waals surface area contributed by atoms with E-state index in [9.17, 15) is 4.79 Å². The second-order valence-electron chi connectivity index (χ2n) is 8.81. The lowest BCUT2D eigenvalue weighted by Crippen LogP contribution is -2.41. The van der Waals surface area contributed by atoms with Gasteiger partial charge in [-0.3, -0.25) is 4.79 Å². The normalized spacial score (nSPS) is 26.1. The molecule has 1 saturated heterocycles. The van der Waals surface area contributed by atoms with Gasteiger partial charge in [0.05, 0.1) is 12.5 Å². The summed E-state index contributed by atoms with van der Waals surface area (Å²) in [5.41, 5.74) is 3.81. The number of ether oxygens (including phenoxy) is 1. The van der Waals surface area contributed by atoms with Crippen LogP contribution in [0.5, 0.6) is 0 Å². The molecule has 2 aliphatic heterocycles. The largest absolute Gasteiger partial charge is 0.466 e. The molecule has 1 fully saturated rings. The van der Waals surface area contributed by atoms with Crippen molar-refractivity contribution in [3.63, 3.8) is 0 Å². The average Bonchev–Trinajstić information content (AvgIpc) is 3.32. The van der Waals surface area contributed by atoms with Crippen LogP contribution in [0.1, 0.15) is 20.8 Å². The maximum atomic E-state index is 13.6. The molecule has 4 heteroatoms. The standard InChI is InChI=1S/C29H30O2P2/c1-4-31-29(30)25-26-20(2)21(3)27(33(26)24-18-12-7-13-19-24)28(25)32(22-14-8-5-9-15-22)23-16-10-6-11-17-23/h5-19,25-28H,4H2,1-3H3/t25-,26+,27-,28+,33-/m0/s1. The number of fused-ring (bicyclic) bond motifs is 2. The minimum absolute atomic E-state index is 0.00959. The molecular weight excluding hydrogens is 442 g/mol. The van der Waals surface area contributed by atoms with Gasteiger partial charge in [0, 0.05) is 17.0 Å². The van der Waals surface area contributed by atoms with Gasteiger partial charge in [-0.25, -0.2) is 0 Å². The van der Waals surface area contributed by atoms with Crippen LogP contribution in [-0.4, -0.2) is 29.6 Å². The van der Waals surface area contributed by atoms with Gasteiger partial charge in [0.25, 0.3) is 0 Å². The maximum absolute atomic E-state index is 13.6. The average molecular weight is 473 g/mol. The van der Waals surface area contributed by atoms with Gasteiger partial charge in [0.2, 0.25) is 0 Å². The topological polar surface area (TPSA) is 26.3 Å². The number of benzene rings is 3. The molecule has 3 aromatic carbocycles. The first kappa shape index (κ1) is 22.5. The molecule has 168 valence electrons. The fourth-order valence-corrected chi connectivity index (χ4v) is 13.7. The van der Waals surface area contributed by atoms with Gasteiger partial charge in [-0.2, -0.15) is 0 Å². The van der Waals surface area contributed by atoms with Crippen LogP contribution >= 0.6 is 15.8 Å². The Morgan fingerprint density at radius 1 is 0.788 bits per heavy atom. The predicted molar refractivity (Wildman–Crippen MR) is 142 cm³/mol. The zero-order chi connectivity index (χ0) is 22.9. The molecule has 2 aliphatic rings. The van der Waals surface area contributed by atoms with Crippen molar-refractivity contribution in [2.24, 2.45) is 5.92 Å². The van der Waals surface area contributed by atoms with Crippen LogP contribution in [0.15, 0.2) is 102 Å². The third-order valence-electron chi connectivity index (χ3n) is 7.12. The minimum atomic E-state index is -0.731. The monoisotopic (exact) mass is 472 g/mol. The van der Waals surface area contributed by atoms with Gasteiger partial charge < -0.3 is 4.74 Å². The van der Waals surface area contributed by atoms with Crippen LogP contribution in [0.4, 0.5) is 0 Å². The van der Waals surface area contributed by atoms with Crippen LogP contribution in [0.25, 0.3) is 0 Å². The first-order valence-corrected chi connectivity index (χ1v) is 14.6. The first-order valence-electron chi connectivity index (χ1n) is 11.7. The van der Waals surface area contributed by atoms with E-state index in [1.165, 1.54) is 27.1 Å². The quantitative estimate of drug-likeness (QED) is 0.266. The van der Waals surface area contributed by atoms with E-state index in [1.807, 2.05) is 6.92 Å². The summed E-state index contributed by atoms with van der Waals surface area (Å²) >= 11 is 0. The molecule has 0 spiro atoms. The summed E-state index contributed by atoms with van der Waals surface area (Å²) in [5.74, 6) is -0.110. The molecule has 0 aliphatic carbocycles. The van der Waals surface area contributed by atoms with Gasteiger partial charge in [-0.15, -0.1) is 0 Å². The summed E-state index contributed by atoms with van der Waals surface area (Å²) in [6, 6.07) is 32.6. The van der Waals surface area contributed by atoms with Gasteiger partial charge in [0.1, 0.15) is 0 Å². The smallest absolute Gasteiger partial charge is 0.310 e. The highest BCUT2D eigenvalue weighted by atomic mass is 31.1. The summed E-state index contributed by atoms with van der Waals surface area (Å²) in [6.07, 6.45) is 0. The Labute approximate surface area is 199 Å². The van der Waals surface area contributed by atoms with Crippen molar-refractivity contribution in [3.8, 4) is 0 Å². The lowest BCUT2D eigenvalue weighted by molar-refractivity contribution is -0.147. The summed E-state index contributed by atoms with van der Waals surface area (Å²) < 4.78 is 5.76. The molecule has 0 amide bonds. The molecule has 5 rings (SSSR count). The van der Waals surface area contributed by atoms with E-state index in [4.69, 9.17) is 4.74 Å². The number of carbonyl (C=O) groups excluding carboxylic acids is 1. The lowest BCUT2D eigenvalue weighted by atomic mass is 9.84. The minimum Gasteiger partial charge on any atom is -0.466 e. The van der Waals surface area contributed by atoms with Crippen LogP contribution in [-0.2, 0) is 9.53 Å². The Balaban J connectivity index is 1.71. The van der Waals surface area contributed by atoms with Gasteiger partial charge in [-0.05, 0) is 44.6 Å². The number of hydrogen-bond acceptors (Lipinski definition) is 2. The van der Waals surface area contributed by atoms with Crippen molar-refractivity contribution in [2.75, 3.05) is 6.61 Å². The fourth-order valence-electron chi connectivity index (χ4n) is 5.70. The first-order chi connectivity index (χ1) is 16.1. The summed E-state index contributed by atoms with van der Waals surface area (Å²) in [6.45, 7) is 6.93. The van der Waals surface area contributed by atoms with E-state index in [2.05, 4.69) is 105 Å². The highest BCUT2D eigenvalue weighted by molar-refractivity contribution is 7.76. The number of carbonyl (C=O) groups is 1. The molecule has 0 unspecified atom stereocenters. The molecule has 3 aromatic rings. The van der Waals surface area contributed by atoms with Crippen molar-refractivity contribution >= 4 is 37.7 Å². The predicted octanol–water partition coefficient (Wildman–Crippen LogP) is 5.58. The Hall–Kier alpha value is -2.27. The molecule has 5 atom stereocenters. The Kier molecular flexibility index (Phi) is 6.51. The molecule has 2 heterocycles. The molecule has 0 saturated carbocycles. The maximum Gasteiger partial charge on any atom is 0.310 e. The van der Waals surface area contributed by atoms with Gasteiger partial charge in [0.15, 0.2) is 0 Å². The van der Waals surface area contributed by atoms with Crippen molar-refractivity contribution in [2.45, 2.75) is 37.7 Å². The van der Waals surface area contributed by atoms with E-state index >= 15 is 0 Å². The third kappa shape index (κ3) is 3.88. The highest BCUT2D eigenvalue weighted by Crippen LogP contribution is 2.72. The van der Waals surface area contributed by atoms with Crippen LogP contribution in [0, 0.1) is 5.92 Å². The molecule has 0 N–H and O–H groups in total. The summed E-state index contributed by atoms with van der Waals surface area (Å²) in [7, 11) is -1.25. The molecule has 0 aromatic heterocycles. The molecular formula is C29H30O2P2. The third-order valence-corrected chi connectivity index (χ3v) is 13.8. The number of hydrogen-bond donors (Lipinski definition) is 0. The van der Waals surface area contributed by atoms with Crippen LogP contribution < -0.4 is 15.9 Å². The Morgan fingerprint density at radius 3 is 1.79 bits per heavy atom.